The van der Waals surface area contributed by atoms with Crippen molar-refractivity contribution in [3.8, 4) is 34.2 Å². The van der Waals surface area contributed by atoms with Gasteiger partial charge in [0.1, 0.15) is 23.2 Å². The minimum atomic E-state index is -0.507. The lowest BCUT2D eigenvalue weighted by Crippen LogP contribution is -2.12. The molecule has 132 valence electrons. The van der Waals surface area contributed by atoms with E-state index in [-0.39, 0.29) is 11.6 Å². The van der Waals surface area contributed by atoms with E-state index in [1.807, 2.05) is 6.07 Å². The predicted molar refractivity (Wildman–Crippen MR) is 102 cm³/mol. The van der Waals surface area contributed by atoms with Crippen LogP contribution in [0.25, 0.3) is 22.4 Å². The Morgan fingerprint density at radius 1 is 1.15 bits per heavy atom. The highest BCUT2D eigenvalue weighted by Crippen LogP contribution is 2.41. The van der Waals surface area contributed by atoms with Gasteiger partial charge in [-0.25, -0.2) is 4.98 Å². The molecule has 0 fully saturated rings. The summed E-state index contributed by atoms with van der Waals surface area (Å²) in [5.41, 5.74) is 17.2. The molecule has 0 saturated heterocycles. The van der Waals surface area contributed by atoms with E-state index in [2.05, 4.69) is 11.1 Å². The van der Waals surface area contributed by atoms with Gasteiger partial charge in [0.25, 0.3) is 0 Å². The minimum absolute atomic E-state index is 0.158. The number of nitriles is 1. The second-order valence-electron chi connectivity index (χ2n) is 6.47. The van der Waals surface area contributed by atoms with Gasteiger partial charge in [-0.05, 0) is 59.9 Å². The molecule has 27 heavy (non-hydrogen) atoms. The number of anilines is 1. The summed E-state index contributed by atoms with van der Waals surface area (Å²) < 4.78 is 0. The highest BCUT2D eigenvalue weighted by Gasteiger charge is 2.25. The predicted octanol–water partition coefficient (Wildman–Crippen LogP) is 2.77. The summed E-state index contributed by atoms with van der Waals surface area (Å²) >= 11 is 0. The Bertz CT molecular complexity index is 1130. The molecule has 0 aliphatic heterocycles. The van der Waals surface area contributed by atoms with E-state index in [4.69, 9.17) is 11.5 Å². The van der Waals surface area contributed by atoms with Crippen molar-refractivity contribution in [3.63, 3.8) is 0 Å². The van der Waals surface area contributed by atoms with Crippen LogP contribution in [0.2, 0.25) is 0 Å². The summed E-state index contributed by atoms with van der Waals surface area (Å²) in [5, 5.41) is 19.4. The zero-order chi connectivity index (χ0) is 19.1. The number of nitrogen functional groups attached to an aromatic ring is 1. The quantitative estimate of drug-likeness (QED) is 0.651. The Hall–Kier alpha value is -3.85. The monoisotopic (exact) mass is 356 g/mol. The Balaban J connectivity index is 1.98. The van der Waals surface area contributed by atoms with Crippen LogP contribution in [0.4, 0.5) is 5.82 Å². The molecule has 1 aliphatic rings. The number of amides is 1. The molecule has 0 atom stereocenters. The van der Waals surface area contributed by atoms with Crippen molar-refractivity contribution in [3.05, 3.63) is 64.7 Å². The second-order valence-corrected chi connectivity index (χ2v) is 6.47. The van der Waals surface area contributed by atoms with Gasteiger partial charge in [0.15, 0.2) is 0 Å². The van der Waals surface area contributed by atoms with Crippen LogP contribution >= 0.6 is 0 Å². The van der Waals surface area contributed by atoms with Crippen molar-refractivity contribution < 1.29 is 9.90 Å². The van der Waals surface area contributed by atoms with Crippen LogP contribution in [0.1, 0.15) is 27.0 Å². The van der Waals surface area contributed by atoms with Crippen LogP contribution in [-0.4, -0.2) is 16.0 Å². The first-order chi connectivity index (χ1) is 13.0. The fourth-order valence-corrected chi connectivity index (χ4v) is 3.62. The number of rotatable bonds is 2. The molecule has 1 aliphatic carbocycles. The number of nitrogens with two attached hydrogens (primary N) is 2. The molecule has 4 rings (SSSR count). The van der Waals surface area contributed by atoms with Gasteiger partial charge < -0.3 is 16.6 Å². The first kappa shape index (κ1) is 16.6. The molecule has 1 aromatic heterocycles. The second kappa shape index (κ2) is 6.15. The number of carbonyl (C=O) groups excluding carboxylic acids is 1. The van der Waals surface area contributed by atoms with Crippen LogP contribution < -0.4 is 11.5 Å². The molecular formula is C21H16N4O2. The summed E-state index contributed by atoms with van der Waals surface area (Å²) in [6.45, 7) is 0. The van der Waals surface area contributed by atoms with Crippen molar-refractivity contribution >= 4 is 11.7 Å². The third kappa shape index (κ3) is 2.66. The van der Waals surface area contributed by atoms with E-state index in [0.717, 1.165) is 39.9 Å². The fourth-order valence-electron chi connectivity index (χ4n) is 3.62. The van der Waals surface area contributed by atoms with Gasteiger partial charge in [-0.3, -0.25) is 4.79 Å². The lowest BCUT2D eigenvalue weighted by atomic mass is 9.83. The number of pyridine rings is 1. The van der Waals surface area contributed by atoms with Crippen LogP contribution in [0.3, 0.4) is 0 Å². The van der Waals surface area contributed by atoms with Gasteiger partial charge in [-0.2, -0.15) is 5.26 Å². The van der Waals surface area contributed by atoms with Gasteiger partial charge >= 0.3 is 0 Å². The molecule has 6 nitrogen and oxygen atoms in total. The molecule has 3 aromatic rings. The lowest BCUT2D eigenvalue weighted by Gasteiger charge is -2.23. The van der Waals surface area contributed by atoms with Gasteiger partial charge in [-0.15, -0.1) is 0 Å². The molecule has 5 N–H and O–H groups in total. The third-order valence-electron chi connectivity index (χ3n) is 4.88. The average molecular weight is 356 g/mol. The van der Waals surface area contributed by atoms with Gasteiger partial charge in [0.05, 0.1) is 5.69 Å². The number of carbonyl (C=O) groups is 1. The van der Waals surface area contributed by atoms with Crippen molar-refractivity contribution in [1.82, 2.24) is 4.98 Å². The van der Waals surface area contributed by atoms with Crippen LogP contribution in [0.15, 0.2) is 42.5 Å². The summed E-state index contributed by atoms with van der Waals surface area (Å²) in [5.74, 6) is -0.140. The number of hydrogen-bond donors (Lipinski definition) is 3. The number of benzene rings is 2. The Morgan fingerprint density at radius 3 is 2.56 bits per heavy atom. The average Bonchev–Trinajstić information content (AvgIpc) is 2.66. The molecular weight excluding hydrogens is 340 g/mol. The summed E-state index contributed by atoms with van der Waals surface area (Å²) in [6, 6.07) is 14.1. The number of phenols is 1. The summed E-state index contributed by atoms with van der Waals surface area (Å²) in [7, 11) is 0. The molecule has 0 bridgehead atoms. The molecule has 6 heteroatoms. The fraction of sp³-hybridized carbons (Fsp3) is 0.0952. The number of aryl methyl sites for hydroxylation is 1. The van der Waals surface area contributed by atoms with Crippen molar-refractivity contribution in [1.29, 1.82) is 5.26 Å². The summed E-state index contributed by atoms with van der Waals surface area (Å²) in [4.78, 5) is 15.8. The highest BCUT2D eigenvalue weighted by atomic mass is 16.3. The normalized spacial score (nSPS) is 12.0. The van der Waals surface area contributed by atoms with Crippen LogP contribution in [0, 0.1) is 11.3 Å². The van der Waals surface area contributed by atoms with E-state index in [1.165, 1.54) is 0 Å². The summed E-state index contributed by atoms with van der Waals surface area (Å²) in [6.07, 6.45) is 1.39. The SMILES string of the molecule is N#Cc1c(N)nc2c(c1-c1ccc(C(N)=O)cc1)CCc1cc(O)ccc1-2. The van der Waals surface area contributed by atoms with Crippen LogP contribution in [0.5, 0.6) is 5.75 Å². The number of hydrogen-bond acceptors (Lipinski definition) is 5. The Labute approximate surface area is 155 Å². The first-order valence-electron chi connectivity index (χ1n) is 8.44. The zero-order valence-electron chi connectivity index (χ0n) is 14.4. The molecule has 0 radical (unpaired) electrons. The van der Waals surface area contributed by atoms with Gasteiger partial charge in [-0.1, -0.05) is 12.1 Å². The number of aromatic hydroxyl groups is 1. The number of phenolic OH excluding ortho intramolecular Hbond substituents is 1. The Morgan fingerprint density at radius 2 is 1.89 bits per heavy atom. The molecule has 0 spiro atoms. The molecule has 0 unspecified atom stereocenters. The first-order valence-corrected chi connectivity index (χ1v) is 8.44. The van der Waals surface area contributed by atoms with Crippen molar-refractivity contribution in [2.75, 3.05) is 5.73 Å². The maximum atomic E-state index is 11.3. The Kier molecular flexibility index (Phi) is 3.78. The maximum Gasteiger partial charge on any atom is 0.248 e. The molecule has 0 saturated carbocycles. The molecule has 2 aromatic carbocycles. The maximum absolute atomic E-state index is 11.3. The molecule has 1 heterocycles. The number of aromatic nitrogens is 1. The van der Waals surface area contributed by atoms with Crippen molar-refractivity contribution in [2.45, 2.75) is 12.8 Å². The van der Waals surface area contributed by atoms with Crippen molar-refractivity contribution in [2.24, 2.45) is 5.73 Å². The largest absolute Gasteiger partial charge is 0.508 e. The standard InChI is InChI=1S/C21H16N4O2/c22-10-17-18(11-1-3-12(4-2-11)21(24)27)16-7-5-13-9-14(26)6-8-15(13)19(16)25-20(17)23/h1-4,6,8-9,26H,5,7H2,(H2,23,25)(H2,24,27). The topological polar surface area (TPSA) is 126 Å². The smallest absolute Gasteiger partial charge is 0.248 e. The van der Waals surface area contributed by atoms with E-state index >= 15 is 0 Å². The third-order valence-corrected chi connectivity index (χ3v) is 4.88. The zero-order valence-corrected chi connectivity index (χ0v) is 14.4. The number of primary amides is 1. The van der Waals surface area contributed by atoms with E-state index in [1.54, 1.807) is 36.4 Å². The van der Waals surface area contributed by atoms with Gasteiger partial charge in [0.2, 0.25) is 5.91 Å². The molecule has 1 amide bonds. The minimum Gasteiger partial charge on any atom is -0.508 e. The van der Waals surface area contributed by atoms with E-state index in [9.17, 15) is 15.2 Å². The van der Waals surface area contributed by atoms with E-state index < -0.39 is 5.91 Å². The number of fused-ring (bicyclic) bond motifs is 3. The number of nitrogens with zero attached hydrogens (tertiary/aromatic N) is 2. The van der Waals surface area contributed by atoms with E-state index in [0.29, 0.717) is 17.5 Å². The lowest BCUT2D eigenvalue weighted by molar-refractivity contribution is 0.100. The highest BCUT2D eigenvalue weighted by molar-refractivity contribution is 5.94. The van der Waals surface area contributed by atoms with Crippen LogP contribution in [-0.2, 0) is 12.8 Å². The van der Waals surface area contributed by atoms with Gasteiger partial charge in [0, 0.05) is 16.7 Å².